The molecule has 1 unspecified atom stereocenters. The molecule has 0 radical (unpaired) electrons. The second-order valence-corrected chi connectivity index (χ2v) is 1.25. The second-order valence-electron chi connectivity index (χ2n) is 0.823. The lowest BCUT2D eigenvalue weighted by atomic mass is 10.7. The summed E-state index contributed by atoms with van der Waals surface area (Å²) in [6, 6.07) is 0. The first-order chi connectivity index (χ1) is 3.31. The maximum atomic E-state index is 5.28. The van der Waals surface area contributed by atoms with E-state index in [2.05, 4.69) is 11.4 Å². The number of halogens is 1. The summed E-state index contributed by atoms with van der Waals surface area (Å²) < 4.78 is 0. The predicted molar refractivity (Wildman–Crippen MR) is 28.2 cm³/mol. The summed E-state index contributed by atoms with van der Waals surface area (Å²) in [6.07, 6.45) is 1.40. The van der Waals surface area contributed by atoms with Crippen molar-refractivity contribution < 1.29 is 4.84 Å². The van der Waals surface area contributed by atoms with E-state index in [-0.39, 0.29) is 0 Å². The fourth-order valence-corrected chi connectivity index (χ4v) is 0.165. The summed E-state index contributed by atoms with van der Waals surface area (Å²) in [6.45, 7) is 3.33. The molecule has 3 nitrogen and oxygen atoms in total. The Hall–Kier alpha value is -0.0900. The van der Waals surface area contributed by atoms with Crippen LogP contribution in [0.5, 0.6) is 0 Å². The van der Waals surface area contributed by atoms with Gasteiger partial charge in [0.15, 0.2) is 5.56 Å². The molecule has 7 heavy (non-hydrogen) atoms. The first-order valence-electron chi connectivity index (χ1n) is 1.69. The van der Waals surface area contributed by atoms with Crippen LogP contribution in [-0.2, 0) is 4.84 Å². The van der Waals surface area contributed by atoms with E-state index >= 15 is 0 Å². The quantitative estimate of drug-likeness (QED) is 0.242. The highest BCUT2D eigenvalue weighted by Gasteiger charge is 1.91. The van der Waals surface area contributed by atoms with E-state index < -0.39 is 5.56 Å². The number of nitrogens with two attached hydrogens (primary N) is 1. The average molecular weight is 123 g/mol. The van der Waals surface area contributed by atoms with Crippen LogP contribution in [-0.4, -0.2) is 5.56 Å². The number of hydrogen-bond donors (Lipinski definition) is 2. The minimum Gasteiger partial charge on any atom is -0.264 e. The molecular weight excluding hydrogens is 115 g/mol. The highest BCUT2D eigenvalue weighted by atomic mass is 35.5. The summed E-state index contributed by atoms with van der Waals surface area (Å²) >= 11 is 5.28. The van der Waals surface area contributed by atoms with Crippen molar-refractivity contribution >= 4 is 11.6 Å². The number of rotatable bonds is 3. The van der Waals surface area contributed by atoms with Crippen molar-refractivity contribution in [3.63, 3.8) is 0 Å². The van der Waals surface area contributed by atoms with E-state index in [1.54, 1.807) is 0 Å². The van der Waals surface area contributed by atoms with Gasteiger partial charge in [-0.05, 0) is 6.08 Å². The highest BCUT2D eigenvalue weighted by Crippen LogP contribution is 1.93. The van der Waals surface area contributed by atoms with Crippen molar-refractivity contribution in [2.75, 3.05) is 0 Å². The Balaban J connectivity index is 2.98. The molecule has 0 aliphatic carbocycles. The monoisotopic (exact) mass is 122 g/mol. The summed E-state index contributed by atoms with van der Waals surface area (Å²) in [7, 11) is 0. The minimum atomic E-state index is -0.551. The van der Waals surface area contributed by atoms with Crippen LogP contribution in [0, 0.1) is 0 Å². The Morgan fingerprint density at radius 1 is 2.00 bits per heavy atom. The summed E-state index contributed by atoms with van der Waals surface area (Å²) in [5, 5.41) is 0. The zero-order valence-electron chi connectivity index (χ0n) is 3.73. The van der Waals surface area contributed by atoms with E-state index in [4.69, 9.17) is 17.4 Å². The van der Waals surface area contributed by atoms with Gasteiger partial charge in [-0.25, -0.2) is 5.84 Å². The topological polar surface area (TPSA) is 47.3 Å². The summed E-state index contributed by atoms with van der Waals surface area (Å²) in [4.78, 5) is 4.37. The Morgan fingerprint density at radius 2 is 2.57 bits per heavy atom. The molecule has 0 aliphatic heterocycles. The van der Waals surface area contributed by atoms with Gasteiger partial charge in [-0.15, -0.1) is 5.59 Å². The standard InChI is InChI=1S/C3H7ClN2O/c1-2-3(4)7-6-5/h2-3,6H,1,5H2. The van der Waals surface area contributed by atoms with Crippen molar-refractivity contribution in [1.29, 1.82) is 0 Å². The van der Waals surface area contributed by atoms with E-state index in [0.29, 0.717) is 0 Å². The van der Waals surface area contributed by atoms with Gasteiger partial charge in [-0.3, -0.25) is 4.84 Å². The van der Waals surface area contributed by atoms with Crippen LogP contribution in [0.15, 0.2) is 12.7 Å². The molecule has 0 spiro atoms. The molecule has 0 aromatic carbocycles. The molecule has 0 rings (SSSR count). The fourth-order valence-electron chi connectivity index (χ4n) is 0.113. The van der Waals surface area contributed by atoms with Gasteiger partial charge in [0, 0.05) is 0 Å². The van der Waals surface area contributed by atoms with E-state index in [1.807, 2.05) is 5.59 Å². The molecule has 0 saturated carbocycles. The summed E-state index contributed by atoms with van der Waals surface area (Å²) in [5.74, 6) is 4.70. The zero-order valence-corrected chi connectivity index (χ0v) is 4.48. The predicted octanol–water partition coefficient (Wildman–Crippen LogP) is 0.132. The van der Waals surface area contributed by atoms with E-state index in [0.717, 1.165) is 0 Å². The fraction of sp³-hybridized carbons (Fsp3) is 0.333. The van der Waals surface area contributed by atoms with Crippen LogP contribution in [0.1, 0.15) is 0 Å². The molecular formula is C3H7ClN2O. The highest BCUT2D eigenvalue weighted by molar-refractivity contribution is 6.20. The van der Waals surface area contributed by atoms with Gasteiger partial charge in [-0.1, -0.05) is 18.2 Å². The molecule has 0 aromatic heterocycles. The first kappa shape index (κ1) is 6.91. The third-order valence-corrected chi connectivity index (χ3v) is 0.633. The van der Waals surface area contributed by atoms with Crippen molar-refractivity contribution in [3.8, 4) is 0 Å². The van der Waals surface area contributed by atoms with Crippen LogP contribution in [0.3, 0.4) is 0 Å². The van der Waals surface area contributed by atoms with Gasteiger partial charge >= 0.3 is 0 Å². The Kier molecular flexibility index (Phi) is 4.03. The van der Waals surface area contributed by atoms with Gasteiger partial charge in [0.1, 0.15) is 0 Å². The van der Waals surface area contributed by atoms with Gasteiger partial charge in [-0.2, -0.15) is 0 Å². The van der Waals surface area contributed by atoms with Crippen molar-refractivity contribution in [2.24, 2.45) is 5.84 Å². The van der Waals surface area contributed by atoms with Crippen molar-refractivity contribution in [1.82, 2.24) is 5.59 Å². The third kappa shape index (κ3) is 3.75. The SMILES string of the molecule is C=CC(Cl)ONN. The average Bonchev–Trinajstić information content (AvgIpc) is 1.68. The normalized spacial score (nSPS) is 13.4. The Labute approximate surface area is 47.0 Å². The Morgan fingerprint density at radius 3 is 2.71 bits per heavy atom. The number of hydrogen-bond acceptors (Lipinski definition) is 3. The van der Waals surface area contributed by atoms with Crippen LogP contribution >= 0.6 is 11.6 Å². The third-order valence-electron chi connectivity index (χ3n) is 0.366. The van der Waals surface area contributed by atoms with Gasteiger partial charge in [0.05, 0.1) is 0 Å². The molecule has 0 bridgehead atoms. The molecule has 0 amide bonds. The zero-order chi connectivity index (χ0) is 5.70. The molecule has 4 heteroatoms. The molecule has 1 atom stereocenters. The number of hydrazine groups is 1. The van der Waals surface area contributed by atoms with E-state index in [9.17, 15) is 0 Å². The van der Waals surface area contributed by atoms with Crippen LogP contribution in [0.25, 0.3) is 0 Å². The maximum Gasteiger partial charge on any atom is 0.172 e. The summed E-state index contributed by atoms with van der Waals surface area (Å²) in [5.41, 5.74) is 1.36. The van der Waals surface area contributed by atoms with Crippen LogP contribution in [0.2, 0.25) is 0 Å². The molecule has 0 heterocycles. The molecule has 42 valence electrons. The molecule has 0 aromatic rings. The van der Waals surface area contributed by atoms with Gasteiger partial charge in [0.2, 0.25) is 0 Å². The lowest BCUT2D eigenvalue weighted by Crippen LogP contribution is -2.25. The number of nitrogens with one attached hydrogen (secondary N) is 1. The van der Waals surface area contributed by atoms with Crippen LogP contribution in [0.4, 0.5) is 0 Å². The van der Waals surface area contributed by atoms with Crippen molar-refractivity contribution in [3.05, 3.63) is 12.7 Å². The largest absolute Gasteiger partial charge is 0.264 e. The van der Waals surface area contributed by atoms with Crippen molar-refractivity contribution in [2.45, 2.75) is 5.56 Å². The van der Waals surface area contributed by atoms with E-state index in [1.165, 1.54) is 6.08 Å². The maximum absolute atomic E-state index is 5.28. The minimum absolute atomic E-state index is 0.551. The second kappa shape index (κ2) is 4.08. The molecule has 3 N–H and O–H groups in total. The first-order valence-corrected chi connectivity index (χ1v) is 2.12. The number of alkyl halides is 1. The lowest BCUT2D eigenvalue weighted by molar-refractivity contribution is 0.0407. The Bertz CT molecular complexity index is 58.9. The van der Waals surface area contributed by atoms with Gasteiger partial charge < -0.3 is 0 Å². The lowest BCUT2D eigenvalue weighted by Gasteiger charge is -1.99. The van der Waals surface area contributed by atoms with Crippen LogP contribution < -0.4 is 11.4 Å². The molecule has 0 fully saturated rings. The van der Waals surface area contributed by atoms with Gasteiger partial charge in [0.25, 0.3) is 0 Å². The smallest absolute Gasteiger partial charge is 0.172 e. The molecule has 0 saturated heterocycles. The molecule has 0 aliphatic rings.